The van der Waals surface area contributed by atoms with E-state index in [1.165, 1.54) is 0 Å². The number of unbranched alkanes of at least 4 members (excludes halogenated alkanes) is 1. The lowest BCUT2D eigenvalue weighted by atomic mass is 10.2. The van der Waals surface area contributed by atoms with Crippen molar-refractivity contribution >= 4 is 23.5 Å². The van der Waals surface area contributed by atoms with Gasteiger partial charge in [-0.15, -0.1) is 0 Å². The summed E-state index contributed by atoms with van der Waals surface area (Å²) in [6, 6.07) is 3.57. The molecule has 17 heavy (non-hydrogen) atoms. The smallest absolute Gasteiger partial charge is 0.252 e. The molecule has 1 heterocycles. The Bertz CT molecular complexity index is 340. The van der Waals surface area contributed by atoms with Gasteiger partial charge in [-0.2, -0.15) is 11.8 Å². The van der Waals surface area contributed by atoms with Crippen molar-refractivity contribution in [2.45, 2.75) is 12.8 Å². The van der Waals surface area contributed by atoms with Crippen LogP contribution in [-0.4, -0.2) is 36.5 Å². The third-order valence-electron chi connectivity index (χ3n) is 2.34. The molecular formula is C12H19N3OS. The average Bonchev–Trinajstić information content (AvgIpc) is 2.38. The van der Waals surface area contributed by atoms with Gasteiger partial charge in [-0.1, -0.05) is 0 Å². The molecule has 1 aromatic rings. The zero-order chi connectivity index (χ0) is 12.5. The topological polar surface area (TPSA) is 54.0 Å². The number of pyridine rings is 1. The van der Waals surface area contributed by atoms with Crippen molar-refractivity contribution in [3.8, 4) is 0 Å². The van der Waals surface area contributed by atoms with Crippen LogP contribution < -0.4 is 10.6 Å². The van der Waals surface area contributed by atoms with Crippen LogP contribution in [0.4, 0.5) is 5.82 Å². The quantitative estimate of drug-likeness (QED) is 0.730. The molecule has 0 atom stereocenters. The van der Waals surface area contributed by atoms with Crippen molar-refractivity contribution in [1.82, 2.24) is 10.3 Å². The van der Waals surface area contributed by atoms with E-state index in [4.69, 9.17) is 0 Å². The van der Waals surface area contributed by atoms with Crippen LogP contribution in [0.3, 0.4) is 0 Å². The Morgan fingerprint density at radius 2 is 2.24 bits per heavy atom. The van der Waals surface area contributed by atoms with E-state index < -0.39 is 0 Å². The zero-order valence-electron chi connectivity index (χ0n) is 10.3. The molecule has 0 saturated carbocycles. The molecule has 0 radical (unpaired) electrons. The highest BCUT2D eigenvalue weighted by molar-refractivity contribution is 7.98. The van der Waals surface area contributed by atoms with Crippen LogP contribution in [0.25, 0.3) is 0 Å². The van der Waals surface area contributed by atoms with E-state index in [9.17, 15) is 4.79 Å². The van der Waals surface area contributed by atoms with Crippen LogP contribution in [0.15, 0.2) is 18.3 Å². The fraction of sp³-hybridized carbons (Fsp3) is 0.500. The van der Waals surface area contributed by atoms with E-state index in [1.807, 2.05) is 11.8 Å². The van der Waals surface area contributed by atoms with Gasteiger partial charge in [0.1, 0.15) is 5.82 Å². The van der Waals surface area contributed by atoms with Crippen molar-refractivity contribution in [2.24, 2.45) is 0 Å². The van der Waals surface area contributed by atoms with Gasteiger partial charge in [0.15, 0.2) is 0 Å². The normalized spacial score (nSPS) is 10.0. The molecular weight excluding hydrogens is 234 g/mol. The van der Waals surface area contributed by atoms with Crippen molar-refractivity contribution in [1.29, 1.82) is 0 Å². The van der Waals surface area contributed by atoms with Crippen LogP contribution in [0.1, 0.15) is 23.2 Å². The Kier molecular flexibility index (Phi) is 6.47. The SMILES string of the molecule is CNc1ccc(C(=O)NCCCCSC)cn1. The lowest BCUT2D eigenvalue weighted by Gasteiger charge is -2.05. The van der Waals surface area contributed by atoms with Crippen molar-refractivity contribution in [3.05, 3.63) is 23.9 Å². The van der Waals surface area contributed by atoms with E-state index >= 15 is 0 Å². The first-order valence-corrected chi connectivity index (χ1v) is 7.08. The Labute approximate surface area is 107 Å². The predicted octanol–water partition coefficient (Wildman–Crippen LogP) is 2.00. The highest BCUT2D eigenvalue weighted by atomic mass is 32.2. The fourth-order valence-corrected chi connectivity index (χ4v) is 1.84. The monoisotopic (exact) mass is 253 g/mol. The number of anilines is 1. The summed E-state index contributed by atoms with van der Waals surface area (Å²) in [5.74, 6) is 1.86. The molecule has 2 N–H and O–H groups in total. The minimum absolute atomic E-state index is 0.0516. The molecule has 0 bridgehead atoms. The number of thioether (sulfide) groups is 1. The van der Waals surface area contributed by atoms with E-state index in [2.05, 4.69) is 21.9 Å². The van der Waals surface area contributed by atoms with Gasteiger partial charge in [-0.3, -0.25) is 4.79 Å². The Hall–Kier alpha value is -1.23. The van der Waals surface area contributed by atoms with Crippen LogP contribution in [0.5, 0.6) is 0 Å². The molecule has 0 aliphatic rings. The largest absolute Gasteiger partial charge is 0.373 e. The molecule has 0 aliphatic heterocycles. The second-order valence-corrected chi connectivity index (χ2v) is 4.62. The van der Waals surface area contributed by atoms with Crippen molar-refractivity contribution in [2.75, 3.05) is 30.9 Å². The van der Waals surface area contributed by atoms with Gasteiger partial charge in [-0.25, -0.2) is 4.98 Å². The summed E-state index contributed by atoms with van der Waals surface area (Å²) in [5, 5.41) is 5.80. The second kappa shape index (κ2) is 7.95. The molecule has 0 unspecified atom stereocenters. The van der Waals surface area contributed by atoms with Gasteiger partial charge in [0.2, 0.25) is 0 Å². The number of nitrogens with one attached hydrogen (secondary N) is 2. The summed E-state index contributed by atoms with van der Waals surface area (Å²) >= 11 is 1.83. The first kappa shape index (κ1) is 13.8. The molecule has 4 nitrogen and oxygen atoms in total. The van der Waals surface area contributed by atoms with Gasteiger partial charge in [0.05, 0.1) is 5.56 Å². The van der Waals surface area contributed by atoms with E-state index in [0.29, 0.717) is 5.56 Å². The second-order valence-electron chi connectivity index (χ2n) is 3.64. The Morgan fingerprint density at radius 1 is 1.41 bits per heavy atom. The maximum atomic E-state index is 11.7. The number of carbonyl (C=O) groups is 1. The number of hydrogen-bond donors (Lipinski definition) is 2. The lowest BCUT2D eigenvalue weighted by Crippen LogP contribution is -2.24. The predicted molar refractivity (Wildman–Crippen MR) is 73.7 cm³/mol. The number of nitrogens with zero attached hydrogens (tertiary/aromatic N) is 1. The molecule has 0 aliphatic carbocycles. The van der Waals surface area contributed by atoms with Crippen LogP contribution in [0.2, 0.25) is 0 Å². The minimum atomic E-state index is -0.0516. The number of hydrogen-bond acceptors (Lipinski definition) is 4. The van der Waals surface area contributed by atoms with Crippen molar-refractivity contribution < 1.29 is 4.79 Å². The maximum absolute atomic E-state index is 11.7. The number of amides is 1. The summed E-state index contributed by atoms with van der Waals surface area (Å²) in [6.45, 7) is 0.729. The standard InChI is InChI=1S/C12H19N3OS/c1-13-11-6-5-10(9-15-11)12(16)14-7-3-4-8-17-2/h5-6,9H,3-4,7-8H2,1-2H3,(H,13,15)(H,14,16). The highest BCUT2D eigenvalue weighted by Crippen LogP contribution is 2.04. The van der Waals surface area contributed by atoms with E-state index in [1.54, 1.807) is 25.4 Å². The van der Waals surface area contributed by atoms with Crippen LogP contribution in [-0.2, 0) is 0 Å². The lowest BCUT2D eigenvalue weighted by molar-refractivity contribution is 0.0953. The summed E-state index contributed by atoms with van der Waals surface area (Å²) in [4.78, 5) is 15.8. The van der Waals surface area contributed by atoms with Crippen molar-refractivity contribution in [3.63, 3.8) is 0 Å². The summed E-state index contributed by atoms with van der Waals surface area (Å²) in [7, 11) is 1.80. The molecule has 1 aromatic heterocycles. The highest BCUT2D eigenvalue weighted by Gasteiger charge is 2.04. The Balaban J connectivity index is 2.31. The average molecular weight is 253 g/mol. The van der Waals surface area contributed by atoms with Gasteiger partial charge in [0, 0.05) is 19.8 Å². The molecule has 0 spiro atoms. The third kappa shape index (κ3) is 5.08. The van der Waals surface area contributed by atoms with Gasteiger partial charge < -0.3 is 10.6 Å². The zero-order valence-corrected chi connectivity index (χ0v) is 11.1. The van der Waals surface area contributed by atoms with Gasteiger partial charge in [0.25, 0.3) is 5.91 Å². The number of rotatable bonds is 7. The first-order valence-electron chi connectivity index (χ1n) is 5.69. The summed E-state index contributed by atoms with van der Waals surface area (Å²) < 4.78 is 0. The third-order valence-corrected chi connectivity index (χ3v) is 3.04. The molecule has 1 amide bonds. The molecule has 94 valence electrons. The number of aromatic nitrogens is 1. The van der Waals surface area contributed by atoms with E-state index in [0.717, 1.165) is 31.0 Å². The molecule has 5 heteroatoms. The fourth-order valence-electron chi connectivity index (χ4n) is 1.35. The van der Waals surface area contributed by atoms with Gasteiger partial charge in [-0.05, 0) is 37.0 Å². The summed E-state index contributed by atoms with van der Waals surface area (Å²) in [5.41, 5.74) is 0.605. The maximum Gasteiger partial charge on any atom is 0.252 e. The Morgan fingerprint density at radius 3 is 2.82 bits per heavy atom. The minimum Gasteiger partial charge on any atom is -0.373 e. The molecule has 0 saturated heterocycles. The molecule has 0 aromatic carbocycles. The first-order chi connectivity index (χ1) is 8.27. The molecule has 0 fully saturated rings. The summed E-state index contributed by atoms with van der Waals surface area (Å²) in [6.07, 6.45) is 5.84. The van der Waals surface area contributed by atoms with Crippen LogP contribution in [0, 0.1) is 0 Å². The number of carbonyl (C=O) groups excluding carboxylic acids is 1. The van der Waals surface area contributed by atoms with Gasteiger partial charge >= 0.3 is 0 Å². The van der Waals surface area contributed by atoms with E-state index in [-0.39, 0.29) is 5.91 Å². The molecule has 1 rings (SSSR count). The van der Waals surface area contributed by atoms with Crippen LogP contribution >= 0.6 is 11.8 Å².